The van der Waals surface area contributed by atoms with Gasteiger partial charge in [0, 0.05) is 6.61 Å². The molecule has 5 nitrogen and oxygen atoms in total. The third-order valence-electron chi connectivity index (χ3n) is 4.35. The number of carbonyl (C=O) groups excluding carboxylic acids is 2. The van der Waals surface area contributed by atoms with Crippen LogP contribution in [0.25, 0.3) is 0 Å². The van der Waals surface area contributed by atoms with Gasteiger partial charge in [0.15, 0.2) is 0 Å². The van der Waals surface area contributed by atoms with Gasteiger partial charge in [-0.15, -0.1) is 0 Å². The summed E-state index contributed by atoms with van der Waals surface area (Å²) in [4.78, 5) is 26.5. The van der Waals surface area contributed by atoms with Crippen molar-refractivity contribution >= 4 is 17.5 Å². The summed E-state index contributed by atoms with van der Waals surface area (Å²) in [6, 6.07) is 14.0. The lowest BCUT2D eigenvalue weighted by Crippen LogP contribution is -2.30. The molecule has 0 radical (unpaired) electrons. The van der Waals surface area contributed by atoms with Gasteiger partial charge in [-0.05, 0) is 37.1 Å². The molecular weight excluding hydrogens is 306 g/mol. The number of fused-ring (bicyclic) bond motifs is 1. The highest BCUT2D eigenvalue weighted by atomic mass is 16.5. The first-order valence-corrected chi connectivity index (χ1v) is 8.07. The van der Waals surface area contributed by atoms with E-state index < -0.39 is 0 Å². The second kappa shape index (κ2) is 6.09. The molecule has 0 aliphatic carbocycles. The number of carbonyl (C=O) groups is 2. The van der Waals surface area contributed by atoms with Crippen molar-refractivity contribution in [3.8, 4) is 5.75 Å². The van der Waals surface area contributed by atoms with Gasteiger partial charge >= 0.3 is 0 Å². The maximum atomic E-state index is 12.6. The average molecular weight is 323 g/mol. The van der Waals surface area contributed by atoms with E-state index in [0.717, 1.165) is 19.4 Å². The number of ether oxygens (including phenoxy) is 2. The molecule has 2 aromatic rings. The lowest BCUT2D eigenvalue weighted by Gasteiger charge is -2.19. The normalized spacial score (nSPS) is 19.7. The van der Waals surface area contributed by atoms with E-state index in [-0.39, 0.29) is 17.9 Å². The second-order valence-corrected chi connectivity index (χ2v) is 5.91. The zero-order valence-electron chi connectivity index (χ0n) is 13.1. The molecule has 1 fully saturated rings. The fourth-order valence-corrected chi connectivity index (χ4v) is 3.13. The smallest absolute Gasteiger partial charge is 0.266 e. The number of hydrogen-bond acceptors (Lipinski definition) is 4. The number of benzene rings is 2. The Kier molecular flexibility index (Phi) is 3.78. The number of hydrogen-bond donors (Lipinski definition) is 0. The minimum absolute atomic E-state index is 0.0697. The van der Waals surface area contributed by atoms with Crippen molar-refractivity contribution in [3.63, 3.8) is 0 Å². The molecule has 122 valence electrons. The van der Waals surface area contributed by atoms with E-state index in [9.17, 15) is 9.59 Å². The summed E-state index contributed by atoms with van der Waals surface area (Å²) in [5.41, 5.74) is 1.33. The van der Waals surface area contributed by atoms with Crippen LogP contribution in [0, 0.1) is 0 Å². The van der Waals surface area contributed by atoms with Crippen molar-refractivity contribution in [2.24, 2.45) is 0 Å². The van der Waals surface area contributed by atoms with Gasteiger partial charge in [0.25, 0.3) is 11.8 Å². The van der Waals surface area contributed by atoms with E-state index in [1.165, 1.54) is 4.90 Å². The highest BCUT2D eigenvalue weighted by molar-refractivity contribution is 6.34. The Bertz CT molecular complexity index is 760. The van der Waals surface area contributed by atoms with E-state index >= 15 is 0 Å². The summed E-state index contributed by atoms with van der Waals surface area (Å²) in [6.45, 7) is 1.17. The number of anilines is 1. The molecule has 1 atom stereocenters. The molecule has 0 aromatic heterocycles. The zero-order chi connectivity index (χ0) is 16.5. The molecule has 4 rings (SSSR count). The summed E-state index contributed by atoms with van der Waals surface area (Å²) in [6.07, 6.45) is 2.07. The Balaban J connectivity index is 1.63. The quantitative estimate of drug-likeness (QED) is 0.812. The molecule has 5 heteroatoms. The van der Waals surface area contributed by atoms with E-state index in [1.54, 1.807) is 42.5 Å². The number of amides is 2. The molecule has 2 aromatic carbocycles. The van der Waals surface area contributed by atoms with E-state index in [4.69, 9.17) is 9.47 Å². The third-order valence-corrected chi connectivity index (χ3v) is 4.35. The molecule has 1 saturated heterocycles. The molecule has 0 saturated carbocycles. The van der Waals surface area contributed by atoms with Gasteiger partial charge in [0.1, 0.15) is 12.4 Å². The van der Waals surface area contributed by atoms with Crippen molar-refractivity contribution in [1.82, 2.24) is 0 Å². The van der Waals surface area contributed by atoms with E-state index in [1.807, 2.05) is 6.07 Å². The summed E-state index contributed by atoms with van der Waals surface area (Å²) in [5.74, 6) is -0.116. The number of para-hydroxylation sites is 2. The van der Waals surface area contributed by atoms with Crippen LogP contribution >= 0.6 is 0 Å². The van der Waals surface area contributed by atoms with Crippen molar-refractivity contribution in [2.45, 2.75) is 18.9 Å². The minimum atomic E-state index is -0.316. The SMILES string of the molecule is O=C1c2ccccc2C(=O)N1c1ccccc1OC[C@H]1CCCO1. The Morgan fingerprint density at radius 1 is 1.00 bits per heavy atom. The Morgan fingerprint density at radius 3 is 2.33 bits per heavy atom. The van der Waals surface area contributed by atoms with E-state index in [0.29, 0.717) is 29.2 Å². The number of imide groups is 1. The summed E-state index contributed by atoms with van der Waals surface area (Å²) in [7, 11) is 0. The van der Waals surface area contributed by atoms with Crippen LogP contribution in [-0.4, -0.2) is 31.1 Å². The van der Waals surface area contributed by atoms with Crippen LogP contribution in [0.4, 0.5) is 5.69 Å². The lowest BCUT2D eigenvalue weighted by molar-refractivity contribution is 0.0680. The Hall–Kier alpha value is -2.66. The predicted octanol–water partition coefficient (Wildman–Crippen LogP) is 3.05. The maximum absolute atomic E-state index is 12.6. The Labute approximate surface area is 139 Å². The minimum Gasteiger partial charge on any atom is -0.489 e. The summed E-state index contributed by atoms with van der Waals surface area (Å²) >= 11 is 0. The van der Waals surface area contributed by atoms with E-state index in [2.05, 4.69) is 0 Å². The van der Waals surface area contributed by atoms with Gasteiger partial charge in [-0.25, -0.2) is 4.90 Å². The average Bonchev–Trinajstić information content (AvgIpc) is 3.22. The molecule has 0 unspecified atom stereocenters. The first-order chi connectivity index (χ1) is 11.8. The number of rotatable bonds is 4. The van der Waals surface area contributed by atoms with Crippen LogP contribution in [0.15, 0.2) is 48.5 Å². The van der Waals surface area contributed by atoms with Crippen LogP contribution in [0.2, 0.25) is 0 Å². The summed E-state index contributed by atoms with van der Waals surface area (Å²) in [5, 5.41) is 0. The topological polar surface area (TPSA) is 55.8 Å². The molecule has 2 amide bonds. The first kappa shape index (κ1) is 14.9. The molecule has 2 aliphatic rings. The third kappa shape index (κ3) is 2.47. The molecule has 0 N–H and O–H groups in total. The van der Waals surface area contributed by atoms with Crippen molar-refractivity contribution in [2.75, 3.05) is 18.1 Å². The largest absolute Gasteiger partial charge is 0.489 e. The first-order valence-electron chi connectivity index (χ1n) is 8.07. The van der Waals surface area contributed by atoms with Crippen molar-refractivity contribution < 1.29 is 19.1 Å². The standard InChI is InChI=1S/C19H17NO4/c21-18-14-7-1-2-8-15(14)19(22)20(18)16-9-3-4-10-17(16)24-12-13-6-5-11-23-13/h1-4,7-10,13H,5-6,11-12H2/t13-/m1/s1. The van der Waals surface area contributed by atoms with Crippen LogP contribution in [0.5, 0.6) is 5.75 Å². The lowest BCUT2D eigenvalue weighted by atomic mass is 10.1. The zero-order valence-corrected chi connectivity index (χ0v) is 13.1. The Morgan fingerprint density at radius 2 is 1.67 bits per heavy atom. The fraction of sp³-hybridized carbons (Fsp3) is 0.263. The van der Waals surface area contributed by atoms with Gasteiger partial charge in [-0.1, -0.05) is 24.3 Å². The van der Waals surface area contributed by atoms with Crippen LogP contribution < -0.4 is 9.64 Å². The van der Waals surface area contributed by atoms with Crippen molar-refractivity contribution in [1.29, 1.82) is 0 Å². The van der Waals surface area contributed by atoms with Gasteiger partial charge in [-0.2, -0.15) is 0 Å². The predicted molar refractivity (Wildman–Crippen MR) is 88.5 cm³/mol. The van der Waals surface area contributed by atoms with Gasteiger partial charge in [0.05, 0.1) is 22.9 Å². The van der Waals surface area contributed by atoms with Crippen LogP contribution in [0.1, 0.15) is 33.6 Å². The van der Waals surface area contributed by atoms with Crippen molar-refractivity contribution in [3.05, 3.63) is 59.7 Å². The van der Waals surface area contributed by atoms with Gasteiger partial charge in [-0.3, -0.25) is 9.59 Å². The fourth-order valence-electron chi connectivity index (χ4n) is 3.13. The van der Waals surface area contributed by atoms with Crippen LogP contribution in [0.3, 0.4) is 0 Å². The highest BCUT2D eigenvalue weighted by Crippen LogP contribution is 2.35. The summed E-state index contributed by atoms with van der Waals surface area (Å²) < 4.78 is 11.4. The van der Waals surface area contributed by atoms with Gasteiger partial charge in [0.2, 0.25) is 0 Å². The van der Waals surface area contributed by atoms with Gasteiger partial charge < -0.3 is 9.47 Å². The molecule has 0 spiro atoms. The van der Waals surface area contributed by atoms with Crippen LogP contribution in [-0.2, 0) is 4.74 Å². The maximum Gasteiger partial charge on any atom is 0.266 e. The molecule has 2 aliphatic heterocycles. The molecule has 24 heavy (non-hydrogen) atoms. The highest BCUT2D eigenvalue weighted by Gasteiger charge is 2.37. The second-order valence-electron chi connectivity index (χ2n) is 5.91. The molecule has 0 bridgehead atoms. The number of nitrogens with zero attached hydrogens (tertiary/aromatic N) is 1. The molecular formula is C19H17NO4. The molecule has 2 heterocycles. The monoisotopic (exact) mass is 323 g/mol.